The molecule has 98 valence electrons. The zero-order valence-electron chi connectivity index (χ0n) is 10.4. The number of aromatic amines is 1. The maximum Gasteiger partial charge on any atom is 0.343 e. The Morgan fingerprint density at radius 2 is 2.32 bits per heavy atom. The van der Waals surface area contributed by atoms with Crippen LogP contribution in [0.5, 0.6) is 0 Å². The van der Waals surface area contributed by atoms with Crippen molar-refractivity contribution in [3.8, 4) is 6.07 Å². The number of nitrogens with one attached hydrogen (secondary N) is 1. The summed E-state index contributed by atoms with van der Waals surface area (Å²) in [5.74, 6) is 0. The third kappa shape index (κ3) is 2.70. The second-order valence-corrected chi connectivity index (χ2v) is 5.02. The van der Waals surface area contributed by atoms with Crippen LogP contribution in [0.1, 0.15) is 24.2 Å². The molecule has 2 aromatic rings. The molecule has 6 nitrogen and oxygen atoms in total. The van der Waals surface area contributed by atoms with E-state index >= 15 is 0 Å². The topological polar surface area (TPSA) is 94.7 Å². The van der Waals surface area contributed by atoms with Crippen molar-refractivity contribution in [1.29, 1.82) is 5.26 Å². The molecule has 2 rings (SSSR count). The Bertz CT molecular complexity index is 696. The second kappa shape index (κ2) is 5.30. The molecule has 0 aliphatic heterocycles. The third-order valence-corrected chi connectivity index (χ3v) is 3.75. The Morgan fingerprint density at radius 3 is 2.84 bits per heavy atom. The summed E-state index contributed by atoms with van der Waals surface area (Å²) in [6, 6.07) is 7.07. The molecule has 2 N–H and O–H groups in total. The van der Waals surface area contributed by atoms with Gasteiger partial charge in [0.25, 0.3) is 0 Å². The molecule has 0 aliphatic rings. The summed E-state index contributed by atoms with van der Waals surface area (Å²) >= 11 is 1.23. The molecule has 0 saturated heterocycles. The molecule has 7 heteroatoms. The summed E-state index contributed by atoms with van der Waals surface area (Å²) in [6.45, 7) is 1.65. The van der Waals surface area contributed by atoms with E-state index in [9.17, 15) is 9.90 Å². The van der Waals surface area contributed by atoms with Gasteiger partial charge in [0.05, 0.1) is 17.7 Å². The van der Waals surface area contributed by atoms with Gasteiger partial charge in [-0.15, -0.1) is 5.10 Å². The van der Waals surface area contributed by atoms with Crippen LogP contribution in [0, 0.1) is 11.3 Å². The van der Waals surface area contributed by atoms with Crippen molar-refractivity contribution in [2.24, 2.45) is 7.05 Å². The van der Waals surface area contributed by atoms with Gasteiger partial charge in [0.2, 0.25) is 0 Å². The molecule has 0 spiro atoms. The maximum atomic E-state index is 11.3. The monoisotopic (exact) mass is 276 g/mol. The van der Waals surface area contributed by atoms with Crippen molar-refractivity contribution < 1.29 is 5.11 Å². The van der Waals surface area contributed by atoms with E-state index in [1.165, 1.54) is 16.3 Å². The predicted molar refractivity (Wildman–Crippen MR) is 69.7 cm³/mol. The molecule has 0 aliphatic carbocycles. The number of hydrogen-bond acceptors (Lipinski definition) is 5. The van der Waals surface area contributed by atoms with Gasteiger partial charge in [0.1, 0.15) is 0 Å². The van der Waals surface area contributed by atoms with Gasteiger partial charge in [-0.2, -0.15) is 5.26 Å². The van der Waals surface area contributed by atoms with Crippen LogP contribution >= 0.6 is 11.8 Å². The maximum absolute atomic E-state index is 11.3. The normalized spacial score (nSPS) is 12.1. The number of aromatic nitrogens is 3. The minimum absolute atomic E-state index is 0.308. The quantitative estimate of drug-likeness (QED) is 0.878. The standard InChI is InChI=1S/C12H12N4O2S/c1-7(17)9-4-3-8(6-13)5-10(9)19-12-15-14-11(18)16(12)2/h3-5,7,17H,1-2H3,(H,14,18)/t7-/m1/s1. The van der Waals surface area contributed by atoms with Crippen LogP contribution < -0.4 is 5.69 Å². The number of aliphatic hydroxyl groups excluding tert-OH is 1. The average molecular weight is 276 g/mol. The van der Waals surface area contributed by atoms with Crippen molar-refractivity contribution in [2.45, 2.75) is 23.1 Å². The van der Waals surface area contributed by atoms with Crippen LogP contribution in [0.25, 0.3) is 0 Å². The first-order valence-electron chi connectivity index (χ1n) is 5.54. The highest BCUT2D eigenvalue weighted by atomic mass is 32.2. The van der Waals surface area contributed by atoms with Crippen molar-refractivity contribution in [2.75, 3.05) is 0 Å². The summed E-state index contributed by atoms with van der Waals surface area (Å²) < 4.78 is 1.37. The molecule has 1 aromatic carbocycles. The van der Waals surface area contributed by atoms with E-state index in [1.807, 2.05) is 6.07 Å². The largest absolute Gasteiger partial charge is 0.389 e. The number of aliphatic hydroxyl groups is 1. The van der Waals surface area contributed by atoms with E-state index in [4.69, 9.17) is 5.26 Å². The van der Waals surface area contributed by atoms with E-state index in [-0.39, 0.29) is 5.69 Å². The highest BCUT2D eigenvalue weighted by Gasteiger charge is 2.13. The minimum Gasteiger partial charge on any atom is -0.389 e. The van der Waals surface area contributed by atoms with Crippen LogP contribution in [-0.4, -0.2) is 19.9 Å². The second-order valence-electron chi connectivity index (χ2n) is 4.01. The zero-order valence-corrected chi connectivity index (χ0v) is 11.2. The molecule has 1 heterocycles. The van der Waals surface area contributed by atoms with Gasteiger partial charge in [-0.05, 0) is 36.4 Å². The van der Waals surface area contributed by atoms with Gasteiger partial charge in [-0.25, -0.2) is 9.89 Å². The Kier molecular flexibility index (Phi) is 3.74. The van der Waals surface area contributed by atoms with E-state index in [0.29, 0.717) is 21.2 Å². The molecular weight excluding hydrogens is 264 g/mol. The van der Waals surface area contributed by atoms with Gasteiger partial charge in [0.15, 0.2) is 5.16 Å². The fraction of sp³-hybridized carbons (Fsp3) is 0.250. The summed E-state index contributed by atoms with van der Waals surface area (Å²) in [5, 5.41) is 25.4. The number of nitrogens with zero attached hydrogens (tertiary/aromatic N) is 3. The van der Waals surface area contributed by atoms with Crippen LogP contribution in [0.15, 0.2) is 33.0 Å². The number of hydrogen-bond donors (Lipinski definition) is 2. The molecular formula is C12H12N4O2S. The number of rotatable bonds is 3. The van der Waals surface area contributed by atoms with Crippen LogP contribution in [-0.2, 0) is 7.05 Å². The highest BCUT2D eigenvalue weighted by molar-refractivity contribution is 7.99. The van der Waals surface area contributed by atoms with Crippen LogP contribution in [0.2, 0.25) is 0 Å². The molecule has 0 amide bonds. The lowest BCUT2D eigenvalue weighted by Gasteiger charge is -2.11. The summed E-state index contributed by atoms with van der Waals surface area (Å²) in [6.07, 6.45) is -0.661. The van der Waals surface area contributed by atoms with Crippen LogP contribution in [0.4, 0.5) is 0 Å². The van der Waals surface area contributed by atoms with E-state index in [1.54, 1.807) is 32.2 Å². The molecule has 0 saturated carbocycles. The first-order chi connectivity index (χ1) is 9.02. The molecule has 1 atom stereocenters. The lowest BCUT2D eigenvalue weighted by Crippen LogP contribution is -2.12. The Labute approximate surface area is 113 Å². The molecule has 0 bridgehead atoms. The number of benzene rings is 1. The lowest BCUT2D eigenvalue weighted by atomic mass is 10.1. The van der Waals surface area contributed by atoms with Crippen LogP contribution in [0.3, 0.4) is 0 Å². The van der Waals surface area contributed by atoms with E-state index in [0.717, 1.165) is 0 Å². The van der Waals surface area contributed by atoms with Gasteiger partial charge in [-0.1, -0.05) is 6.07 Å². The van der Waals surface area contributed by atoms with Crippen molar-refractivity contribution in [3.05, 3.63) is 39.8 Å². The summed E-state index contributed by atoms with van der Waals surface area (Å²) in [5.41, 5.74) is 0.879. The molecule has 0 fully saturated rings. The molecule has 0 unspecified atom stereocenters. The minimum atomic E-state index is -0.661. The summed E-state index contributed by atoms with van der Waals surface area (Å²) in [7, 11) is 1.60. The van der Waals surface area contributed by atoms with Crippen molar-refractivity contribution in [3.63, 3.8) is 0 Å². The van der Waals surface area contributed by atoms with Crippen molar-refractivity contribution >= 4 is 11.8 Å². The Balaban J connectivity index is 2.46. The molecule has 1 aromatic heterocycles. The van der Waals surface area contributed by atoms with Gasteiger partial charge in [-0.3, -0.25) is 4.57 Å². The molecule has 19 heavy (non-hydrogen) atoms. The summed E-state index contributed by atoms with van der Waals surface area (Å²) in [4.78, 5) is 12.0. The van der Waals surface area contributed by atoms with Gasteiger partial charge < -0.3 is 5.11 Å². The number of nitriles is 1. The smallest absolute Gasteiger partial charge is 0.343 e. The number of H-pyrrole nitrogens is 1. The predicted octanol–water partition coefficient (Wildman–Crippen LogP) is 1.18. The van der Waals surface area contributed by atoms with Gasteiger partial charge >= 0.3 is 5.69 Å². The van der Waals surface area contributed by atoms with E-state index < -0.39 is 6.10 Å². The van der Waals surface area contributed by atoms with E-state index in [2.05, 4.69) is 10.2 Å². The zero-order chi connectivity index (χ0) is 14.0. The average Bonchev–Trinajstić information content (AvgIpc) is 2.70. The first kappa shape index (κ1) is 13.4. The Hall–Kier alpha value is -2.04. The highest BCUT2D eigenvalue weighted by Crippen LogP contribution is 2.32. The van der Waals surface area contributed by atoms with Gasteiger partial charge in [0, 0.05) is 11.9 Å². The first-order valence-corrected chi connectivity index (χ1v) is 6.36. The fourth-order valence-electron chi connectivity index (χ4n) is 1.56. The molecule has 0 radical (unpaired) electrons. The lowest BCUT2D eigenvalue weighted by molar-refractivity contribution is 0.196. The SMILES string of the molecule is C[C@@H](O)c1ccc(C#N)cc1Sc1n[nH]c(=O)n1C. The fourth-order valence-corrected chi connectivity index (χ4v) is 2.61. The Morgan fingerprint density at radius 1 is 1.58 bits per heavy atom. The van der Waals surface area contributed by atoms with Crippen molar-refractivity contribution in [1.82, 2.24) is 14.8 Å². The third-order valence-electron chi connectivity index (χ3n) is 2.63.